The van der Waals surface area contributed by atoms with E-state index >= 15 is 0 Å². The van der Waals surface area contributed by atoms with Crippen LogP contribution in [0.5, 0.6) is 0 Å². The Morgan fingerprint density at radius 2 is 2.20 bits per heavy atom. The Balaban J connectivity index is 2.65. The number of esters is 1. The van der Waals surface area contributed by atoms with E-state index in [1.54, 1.807) is 12.9 Å². The molecular formula is C13H14BIN2O3. The molecule has 0 amide bonds. The van der Waals surface area contributed by atoms with Crippen molar-refractivity contribution in [2.45, 2.75) is 13.7 Å². The molecule has 104 valence electrons. The Morgan fingerprint density at radius 1 is 1.50 bits per heavy atom. The lowest BCUT2D eigenvalue weighted by Crippen LogP contribution is -2.20. The van der Waals surface area contributed by atoms with Gasteiger partial charge in [-0.2, -0.15) is 0 Å². The molecule has 0 atom stereocenters. The van der Waals surface area contributed by atoms with Gasteiger partial charge in [0.1, 0.15) is 0 Å². The molecule has 2 aromatic rings. The molecule has 1 aromatic carbocycles. The number of rotatable bonds is 3. The topological polar surface area (TPSA) is 71.5 Å². The highest BCUT2D eigenvalue weighted by Crippen LogP contribution is 2.30. The van der Waals surface area contributed by atoms with Gasteiger partial charge in [0, 0.05) is 20.8 Å². The van der Waals surface area contributed by atoms with Gasteiger partial charge in [-0.1, -0.05) is 0 Å². The number of carbonyl (C=O) groups is 1. The van der Waals surface area contributed by atoms with Crippen LogP contribution in [0.3, 0.4) is 0 Å². The summed E-state index contributed by atoms with van der Waals surface area (Å²) in [6.45, 7) is 3.59. The summed E-state index contributed by atoms with van der Waals surface area (Å²) in [6, 6.07) is 3.69. The van der Waals surface area contributed by atoms with Crippen molar-refractivity contribution in [2.24, 2.45) is 0 Å². The van der Waals surface area contributed by atoms with Crippen LogP contribution in [-0.2, 0) is 4.74 Å². The number of aromatic nitrogens is 1. The zero-order valence-corrected chi connectivity index (χ0v) is 13.6. The monoisotopic (exact) mass is 384 g/mol. The lowest BCUT2D eigenvalue weighted by Gasteiger charge is -2.13. The molecule has 0 unspecified atom stereocenters. The summed E-state index contributed by atoms with van der Waals surface area (Å²) in [5.74, 6) is -0.415. The highest BCUT2D eigenvalue weighted by molar-refractivity contribution is 14.1. The van der Waals surface area contributed by atoms with Crippen LogP contribution in [0.4, 0.5) is 5.69 Å². The summed E-state index contributed by atoms with van der Waals surface area (Å²) < 4.78 is 5.62. The van der Waals surface area contributed by atoms with Crippen molar-refractivity contribution in [1.82, 2.24) is 4.98 Å². The first-order valence-electron chi connectivity index (χ1n) is 6.05. The molecular weight excluding hydrogens is 370 g/mol. The van der Waals surface area contributed by atoms with Gasteiger partial charge in [-0.25, -0.2) is 4.79 Å². The molecule has 0 spiro atoms. The molecule has 0 bridgehead atoms. The van der Waals surface area contributed by atoms with Crippen molar-refractivity contribution in [3.8, 4) is 0 Å². The lowest BCUT2D eigenvalue weighted by atomic mass is 9.88. The maximum absolute atomic E-state index is 11.6. The van der Waals surface area contributed by atoms with Crippen molar-refractivity contribution in [3.63, 3.8) is 0 Å². The van der Waals surface area contributed by atoms with Crippen molar-refractivity contribution < 1.29 is 14.6 Å². The number of hydrogen-bond acceptors (Lipinski definition) is 5. The Labute approximate surface area is 131 Å². The van der Waals surface area contributed by atoms with Crippen molar-refractivity contribution in [1.29, 1.82) is 0 Å². The van der Waals surface area contributed by atoms with Crippen LogP contribution in [0.15, 0.2) is 18.3 Å². The van der Waals surface area contributed by atoms with Crippen molar-refractivity contribution in [2.75, 3.05) is 12.3 Å². The molecule has 0 fully saturated rings. The standard InChI is InChI=1S/C13H14BIN2O3/c1-7-4-10(17-14(2)19)11(15)9-5-8(13(18)20-3)6-16-12(7)9/h4-6,17,19H,1-3H3. The summed E-state index contributed by atoms with van der Waals surface area (Å²) in [5, 5.41) is 13.3. The average Bonchev–Trinajstić information content (AvgIpc) is 2.42. The fourth-order valence-corrected chi connectivity index (χ4v) is 2.72. The first-order valence-corrected chi connectivity index (χ1v) is 7.13. The average molecular weight is 384 g/mol. The summed E-state index contributed by atoms with van der Waals surface area (Å²) in [6.07, 6.45) is 1.51. The van der Waals surface area contributed by atoms with E-state index < -0.39 is 13.0 Å². The third-order valence-corrected chi connectivity index (χ3v) is 4.04. The number of carbonyl (C=O) groups excluding carboxylic acids is 1. The normalized spacial score (nSPS) is 10.4. The molecule has 0 saturated heterocycles. The Bertz CT molecular complexity index is 676. The molecule has 0 saturated carbocycles. The lowest BCUT2D eigenvalue weighted by molar-refractivity contribution is 0.0600. The van der Waals surface area contributed by atoms with Gasteiger partial charge in [-0.15, -0.1) is 0 Å². The molecule has 0 radical (unpaired) electrons. The molecule has 1 heterocycles. The molecule has 0 aliphatic carbocycles. The number of nitrogens with one attached hydrogen (secondary N) is 1. The van der Waals surface area contributed by atoms with Crippen LogP contribution in [0.1, 0.15) is 15.9 Å². The third kappa shape index (κ3) is 2.88. The largest absolute Gasteiger partial charge is 0.465 e. The number of benzene rings is 1. The molecule has 7 heteroatoms. The highest BCUT2D eigenvalue weighted by atomic mass is 127. The number of hydrogen-bond donors (Lipinski definition) is 2. The number of fused-ring (bicyclic) bond motifs is 1. The van der Waals surface area contributed by atoms with Gasteiger partial charge in [0.2, 0.25) is 0 Å². The van der Waals surface area contributed by atoms with Crippen LogP contribution in [0.2, 0.25) is 6.82 Å². The first-order chi connectivity index (χ1) is 9.43. The van der Waals surface area contributed by atoms with Crippen molar-refractivity contribution >= 4 is 52.2 Å². The van der Waals surface area contributed by atoms with E-state index in [2.05, 4.69) is 32.8 Å². The molecule has 1 aromatic heterocycles. The van der Waals surface area contributed by atoms with E-state index in [9.17, 15) is 9.82 Å². The van der Waals surface area contributed by atoms with Crippen LogP contribution in [0.25, 0.3) is 10.9 Å². The molecule has 20 heavy (non-hydrogen) atoms. The molecule has 2 rings (SSSR count). The summed E-state index contributed by atoms with van der Waals surface area (Å²) in [7, 11) is 0.686. The SMILES string of the molecule is COC(=O)c1cnc2c(C)cc(NB(C)O)c(I)c2c1. The zero-order valence-electron chi connectivity index (χ0n) is 11.4. The second-order valence-electron chi connectivity index (χ2n) is 4.49. The molecule has 0 aliphatic rings. The first kappa shape index (κ1) is 15.1. The van der Waals surface area contributed by atoms with Crippen LogP contribution < -0.4 is 5.23 Å². The van der Waals surface area contributed by atoms with Gasteiger partial charge in [0.15, 0.2) is 0 Å². The van der Waals surface area contributed by atoms with Gasteiger partial charge in [0.25, 0.3) is 0 Å². The maximum Gasteiger partial charge on any atom is 0.406 e. The van der Waals surface area contributed by atoms with E-state index in [0.717, 1.165) is 25.7 Å². The number of aryl methyl sites for hydroxylation is 1. The van der Waals surface area contributed by atoms with Crippen LogP contribution >= 0.6 is 22.6 Å². The Kier molecular flexibility index (Phi) is 4.49. The van der Waals surface area contributed by atoms with Gasteiger partial charge < -0.3 is 15.0 Å². The highest BCUT2D eigenvalue weighted by Gasteiger charge is 2.14. The number of pyridine rings is 1. The van der Waals surface area contributed by atoms with Gasteiger partial charge in [-0.05, 0) is 54.0 Å². The smallest absolute Gasteiger partial charge is 0.406 e. The van der Waals surface area contributed by atoms with Crippen LogP contribution in [0, 0.1) is 10.5 Å². The van der Waals surface area contributed by atoms with E-state index in [-0.39, 0.29) is 0 Å². The fourth-order valence-electron chi connectivity index (χ4n) is 2.00. The number of halogens is 1. The quantitative estimate of drug-likeness (QED) is 0.484. The number of nitrogens with zero attached hydrogens (tertiary/aromatic N) is 1. The number of anilines is 1. The summed E-state index contributed by atoms with van der Waals surface area (Å²) in [4.78, 5) is 15.9. The van der Waals surface area contributed by atoms with E-state index in [1.807, 2.05) is 13.0 Å². The minimum absolute atomic E-state index is 0.409. The van der Waals surface area contributed by atoms with E-state index in [0.29, 0.717) is 5.56 Å². The van der Waals surface area contributed by atoms with E-state index in [4.69, 9.17) is 4.74 Å². The van der Waals surface area contributed by atoms with Gasteiger partial charge >= 0.3 is 13.0 Å². The molecule has 5 nitrogen and oxygen atoms in total. The fraction of sp³-hybridized carbons (Fsp3) is 0.231. The summed E-state index contributed by atoms with van der Waals surface area (Å²) in [5.41, 5.74) is 3.03. The maximum atomic E-state index is 11.6. The van der Waals surface area contributed by atoms with Crippen LogP contribution in [-0.4, -0.2) is 30.1 Å². The minimum Gasteiger partial charge on any atom is -0.465 e. The Morgan fingerprint density at radius 3 is 2.80 bits per heavy atom. The summed E-state index contributed by atoms with van der Waals surface area (Å²) >= 11 is 2.18. The second-order valence-corrected chi connectivity index (χ2v) is 5.57. The van der Waals surface area contributed by atoms with Gasteiger partial charge in [0.05, 0.1) is 18.2 Å². The van der Waals surface area contributed by atoms with E-state index in [1.165, 1.54) is 13.3 Å². The van der Waals surface area contributed by atoms with Crippen molar-refractivity contribution in [3.05, 3.63) is 33.0 Å². The molecule has 2 N–H and O–H groups in total. The predicted octanol–water partition coefficient (Wildman–Crippen LogP) is 2.46. The van der Waals surface area contributed by atoms with Gasteiger partial charge in [-0.3, -0.25) is 4.98 Å². The second kappa shape index (κ2) is 5.96. The third-order valence-electron chi connectivity index (χ3n) is 2.88. The Hall–Kier alpha value is -1.35. The zero-order chi connectivity index (χ0) is 14.9. The molecule has 0 aliphatic heterocycles. The minimum atomic E-state index is -0.655. The predicted molar refractivity (Wildman–Crippen MR) is 88.0 cm³/mol. The number of ether oxygens (including phenoxy) is 1. The number of methoxy groups -OCH3 is 1.